The van der Waals surface area contributed by atoms with Gasteiger partial charge in [0.1, 0.15) is 0 Å². The Morgan fingerprint density at radius 3 is 2.60 bits per heavy atom. The van der Waals surface area contributed by atoms with E-state index in [0.717, 1.165) is 35.5 Å². The Hall–Kier alpha value is -2.43. The van der Waals surface area contributed by atoms with Crippen molar-refractivity contribution in [3.63, 3.8) is 0 Å². The van der Waals surface area contributed by atoms with Crippen molar-refractivity contribution in [3.8, 4) is 5.69 Å². The maximum Gasteiger partial charge on any atom is 0.335 e. The predicted molar refractivity (Wildman–Crippen MR) is 72.5 cm³/mol. The van der Waals surface area contributed by atoms with Gasteiger partial charge in [-0.2, -0.15) is 5.10 Å². The number of carbonyl (C=O) groups excluding carboxylic acids is 1. The summed E-state index contributed by atoms with van der Waals surface area (Å²) in [6, 6.07) is 6.53. The zero-order valence-electron chi connectivity index (χ0n) is 11.1. The van der Waals surface area contributed by atoms with E-state index in [1.54, 1.807) is 28.9 Å². The van der Waals surface area contributed by atoms with Crippen LogP contribution in [0.1, 0.15) is 44.9 Å². The molecule has 2 aromatic rings. The molecule has 1 aliphatic rings. The zero-order valence-corrected chi connectivity index (χ0v) is 11.1. The Balaban J connectivity index is 2.09. The van der Waals surface area contributed by atoms with Gasteiger partial charge in [0.2, 0.25) is 0 Å². The summed E-state index contributed by atoms with van der Waals surface area (Å²) >= 11 is 0. The number of aromatic carboxylic acids is 1. The van der Waals surface area contributed by atoms with Crippen molar-refractivity contribution in [2.24, 2.45) is 0 Å². The third-order valence-electron chi connectivity index (χ3n) is 3.61. The van der Waals surface area contributed by atoms with Gasteiger partial charge < -0.3 is 5.11 Å². The second kappa shape index (κ2) is 4.59. The lowest BCUT2D eigenvalue weighted by atomic mass is 9.94. The highest BCUT2D eigenvalue weighted by Crippen LogP contribution is 2.26. The first-order valence-electron chi connectivity index (χ1n) is 6.53. The van der Waals surface area contributed by atoms with Crippen molar-refractivity contribution in [2.75, 3.05) is 0 Å². The third kappa shape index (κ3) is 1.91. The molecule has 0 fully saturated rings. The van der Waals surface area contributed by atoms with Crippen LogP contribution in [0.3, 0.4) is 0 Å². The van der Waals surface area contributed by atoms with E-state index in [0.29, 0.717) is 6.42 Å². The van der Waals surface area contributed by atoms with Gasteiger partial charge in [-0.3, -0.25) is 4.79 Å². The quantitative estimate of drug-likeness (QED) is 0.909. The van der Waals surface area contributed by atoms with Gasteiger partial charge in [-0.05, 0) is 44.0 Å². The highest BCUT2D eigenvalue weighted by molar-refractivity contribution is 5.99. The van der Waals surface area contributed by atoms with E-state index in [1.807, 2.05) is 6.92 Å². The Kier molecular flexibility index (Phi) is 2.89. The number of nitrogens with zero attached hydrogens (tertiary/aromatic N) is 2. The third-order valence-corrected chi connectivity index (χ3v) is 3.61. The average molecular weight is 270 g/mol. The van der Waals surface area contributed by atoms with E-state index in [4.69, 9.17) is 5.11 Å². The van der Waals surface area contributed by atoms with E-state index < -0.39 is 5.97 Å². The fraction of sp³-hybridized carbons (Fsp3) is 0.267. The molecule has 3 rings (SSSR count). The van der Waals surface area contributed by atoms with Crippen LogP contribution in [-0.2, 0) is 6.42 Å². The topological polar surface area (TPSA) is 72.2 Å². The number of carboxylic acids is 1. The van der Waals surface area contributed by atoms with Crippen molar-refractivity contribution in [2.45, 2.75) is 26.2 Å². The number of Topliss-reactive ketones (excluding diaryl/α,β-unsaturated/α-hetero) is 1. The van der Waals surface area contributed by atoms with Crippen molar-refractivity contribution in [1.82, 2.24) is 9.78 Å². The number of carbonyl (C=O) groups is 2. The molecule has 5 heteroatoms. The normalized spacial score (nSPS) is 14.2. The fourth-order valence-electron chi connectivity index (χ4n) is 2.67. The molecule has 1 aromatic carbocycles. The van der Waals surface area contributed by atoms with Gasteiger partial charge in [-0.1, -0.05) is 0 Å². The van der Waals surface area contributed by atoms with Gasteiger partial charge in [0.05, 0.1) is 28.2 Å². The molecule has 1 N–H and O–H groups in total. The lowest BCUT2D eigenvalue weighted by molar-refractivity contribution is 0.0696. The number of aromatic nitrogens is 2. The molecule has 1 aliphatic carbocycles. The van der Waals surface area contributed by atoms with Gasteiger partial charge in [0.25, 0.3) is 0 Å². The molecule has 0 unspecified atom stereocenters. The maximum absolute atomic E-state index is 12.0. The van der Waals surface area contributed by atoms with Crippen LogP contribution in [0.2, 0.25) is 0 Å². The van der Waals surface area contributed by atoms with Crippen molar-refractivity contribution in [3.05, 3.63) is 46.8 Å². The Labute approximate surface area is 115 Å². The van der Waals surface area contributed by atoms with Gasteiger partial charge in [-0.15, -0.1) is 0 Å². The molecule has 1 aromatic heterocycles. The SMILES string of the molecule is Cc1nn(-c2ccc(C(=O)O)cc2)c2c1C(=O)CCC2. The number of benzene rings is 1. The molecule has 5 nitrogen and oxygen atoms in total. The molecule has 102 valence electrons. The Morgan fingerprint density at radius 2 is 1.95 bits per heavy atom. The molecule has 0 saturated heterocycles. The van der Waals surface area contributed by atoms with Gasteiger partial charge in [0, 0.05) is 6.42 Å². The van der Waals surface area contributed by atoms with Crippen LogP contribution in [-0.4, -0.2) is 26.6 Å². The maximum atomic E-state index is 12.0. The molecular weight excluding hydrogens is 256 g/mol. The number of aryl methyl sites for hydroxylation is 1. The smallest absolute Gasteiger partial charge is 0.335 e. The monoisotopic (exact) mass is 270 g/mol. The molecule has 1 heterocycles. The molecule has 0 spiro atoms. The minimum absolute atomic E-state index is 0.150. The summed E-state index contributed by atoms with van der Waals surface area (Å²) in [5, 5.41) is 13.3. The number of carboxylic acid groups (broad SMARTS) is 1. The van der Waals surface area contributed by atoms with E-state index in [9.17, 15) is 9.59 Å². The molecule has 0 amide bonds. The molecule has 0 bridgehead atoms. The van der Waals surface area contributed by atoms with Gasteiger partial charge in [0.15, 0.2) is 5.78 Å². The second-order valence-corrected chi connectivity index (χ2v) is 4.95. The van der Waals surface area contributed by atoms with E-state index in [2.05, 4.69) is 5.10 Å². The number of hydrogen-bond acceptors (Lipinski definition) is 3. The summed E-state index contributed by atoms with van der Waals surface area (Å²) in [4.78, 5) is 22.8. The highest BCUT2D eigenvalue weighted by Gasteiger charge is 2.25. The van der Waals surface area contributed by atoms with Crippen LogP contribution in [0.25, 0.3) is 5.69 Å². The fourth-order valence-corrected chi connectivity index (χ4v) is 2.67. The number of ketones is 1. The number of rotatable bonds is 2. The first-order valence-corrected chi connectivity index (χ1v) is 6.53. The van der Waals surface area contributed by atoms with Crippen LogP contribution in [0, 0.1) is 6.92 Å². The minimum Gasteiger partial charge on any atom is -0.478 e. The summed E-state index contributed by atoms with van der Waals surface area (Å²) in [5.74, 6) is -0.803. The van der Waals surface area contributed by atoms with Crippen LogP contribution in [0.15, 0.2) is 24.3 Å². The average Bonchev–Trinajstić information content (AvgIpc) is 2.77. The molecule has 0 atom stereocenters. The highest BCUT2D eigenvalue weighted by atomic mass is 16.4. The van der Waals surface area contributed by atoms with E-state index in [-0.39, 0.29) is 11.3 Å². The summed E-state index contributed by atoms with van der Waals surface area (Å²) in [5.41, 5.74) is 3.43. The van der Waals surface area contributed by atoms with Crippen LogP contribution < -0.4 is 0 Å². The lowest BCUT2D eigenvalue weighted by Gasteiger charge is -2.13. The zero-order chi connectivity index (χ0) is 14.3. The van der Waals surface area contributed by atoms with Crippen LogP contribution >= 0.6 is 0 Å². The summed E-state index contributed by atoms with van der Waals surface area (Å²) in [6.07, 6.45) is 2.24. The van der Waals surface area contributed by atoms with Crippen molar-refractivity contribution in [1.29, 1.82) is 0 Å². The second-order valence-electron chi connectivity index (χ2n) is 4.95. The summed E-state index contributed by atoms with van der Waals surface area (Å²) in [6.45, 7) is 1.84. The molecule has 0 aliphatic heterocycles. The van der Waals surface area contributed by atoms with E-state index in [1.165, 1.54) is 0 Å². The van der Waals surface area contributed by atoms with Crippen molar-refractivity contribution < 1.29 is 14.7 Å². The first kappa shape index (κ1) is 12.6. The van der Waals surface area contributed by atoms with Gasteiger partial charge >= 0.3 is 5.97 Å². The number of fused-ring (bicyclic) bond motifs is 1. The van der Waals surface area contributed by atoms with E-state index >= 15 is 0 Å². The Bertz CT molecular complexity index is 699. The molecule has 0 saturated carbocycles. The summed E-state index contributed by atoms with van der Waals surface area (Å²) in [7, 11) is 0. The van der Waals surface area contributed by atoms with Crippen LogP contribution in [0.5, 0.6) is 0 Å². The molecular formula is C15H14N2O3. The molecule has 20 heavy (non-hydrogen) atoms. The number of hydrogen-bond donors (Lipinski definition) is 1. The summed E-state index contributed by atoms with van der Waals surface area (Å²) < 4.78 is 1.76. The standard InChI is InChI=1S/C15H14N2O3/c1-9-14-12(3-2-4-13(14)18)17(16-9)11-7-5-10(6-8-11)15(19)20/h5-8H,2-4H2,1H3,(H,19,20). The predicted octanol–water partition coefficient (Wildman–Crippen LogP) is 2.40. The van der Waals surface area contributed by atoms with Gasteiger partial charge in [-0.25, -0.2) is 9.48 Å². The Morgan fingerprint density at radius 1 is 1.25 bits per heavy atom. The molecule has 0 radical (unpaired) electrons. The lowest BCUT2D eigenvalue weighted by Crippen LogP contribution is -2.13. The first-order chi connectivity index (χ1) is 9.58. The minimum atomic E-state index is -0.953. The largest absolute Gasteiger partial charge is 0.478 e. The van der Waals surface area contributed by atoms with Crippen molar-refractivity contribution >= 4 is 11.8 Å². The van der Waals surface area contributed by atoms with Crippen LogP contribution in [0.4, 0.5) is 0 Å².